The Bertz CT molecular complexity index is 1000. The fraction of sp³-hybridized carbons (Fsp3) is 0.118. The molecule has 0 fully saturated rings. The monoisotopic (exact) mass is 302 g/mol. The number of rotatable bonds is 2. The Balaban J connectivity index is 1.59. The smallest absolute Gasteiger partial charge is 0.259 e. The van der Waals surface area contributed by atoms with Gasteiger partial charge in [0, 0.05) is 28.6 Å². The van der Waals surface area contributed by atoms with Crippen molar-refractivity contribution in [3.63, 3.8) is 0 Å². The third-order valence-corrected chi connectivity index (χ3v) is 4.20. The Labute approximate surface area is 131 Å². The highest BCUT2D eigenvalue weighted by Gasteiger charge is 2.18. The molecule has 3 aromatic heterocycles. The Hall–Kier alpha value is -3.02. The van der Waals surface area contributed by atoms with Crippen molar-refractivity contribution in [3.8, 4) is 22.8 Å². The van der Waals surface area contributed by atoms with E-state index in [2.05, 4.69) is 43.9 Å². The summed E-state index contributed by atoms with van der Waals surface area (Å²) in [7, 11) is 0. The molecule has 0 bridgehead atoms. The molecule has 5 rings (SSSR count). The molecule has 4 aromatic rings. The van der Waals surface area contributed by atoms with E-state index in [0.29, 0.717) is 11.7 Å². The van der Waals surface area contributed by atoms with Crippen LogP contribution in [0, 0.1) is 6.42 Å². The SMILES string of the molecule is [CH]1CCc2c1[nH]c1ccc(-c3noc(-c4ccnnc4)n3)cc21. The van der Waals surface area contributed by atoms with Gasteiger partial charge >= 0.3 is 0 Å². The van der Waals surface area contributed by atoms with E-state index in [1.54, 1.807) is 18.5 Å². The lowest BCUT2D eigenvalue weighted by molar-refractivity contribution is 0.432. The zero-order chi connectivity index (χ0) is 15.2. The van der Waals surface area contributed by atoms with Gasteiger partial charge in [-0.2, -0.15) is 15.2 Å². The van der Waals surface area contributed by atoms with Gasteiger partial charge < -0.3 is 9.51 Å². The number of nitrogens with one attached hydrogen (secondary N) is 1. The number of nitrogens with zero attached hydrogens (tertiary/aromatic N) is 4. The molecule has 1 aromatic carbocycles. The number of fused-ring (bicyclic) bond motifs is 3. The predicted molar refractivity (Wildman–Crippen MR) is 84.3 cm³/mol. The molecule has 0 atom stereocenters. The van der Waals surface area contributed by atoms with Crippen LogP contribution in [0.3, 0.4) is 0 Å². The second-order valence-corrected chi connectivity index (χ2v) is 5.57. The molecule has 1 aliphatic rings. The van der Waals surface area contributed by atoms with Crippen molar-refractivity contribution in [2.75, 3.05) is 0 Å². The number of benzene rings is 1. The van der Waals surface area contributed by atoms with Crippen LogP contribution in [0.5, 0.6) is 0 Å². The van der Waals surface area contributed by atoms with E-state index in [9.17, 15) is 0 Å². The van der Waals surface area contributed by atoms with Crippen molar-refractivity contribution in [2.45, 2.75) is 12.8 Å². The normalized spacial score (nSPS) is 13.6. The van der Waals surface area contributed by atoms with Gasteiger partial charge in [0.1, 0.15) is 0 Å². The summed E-state index contributed by atoms with van der Waals surface area (Å²) >= 11 is 0. The average Bonchev–Trinajstić information content (AvgIpc) is 3.31. The summed E-state index contributed by atoms with van der Waals surface area (Å²) in [6, 6.07) is 8.00. The molecule has 111 valence electrons. The van der Waals surface area contributed by atoms with E-state index in [0.717, 1.165) is 29.5 Å². The van der Waals surface area contributed by atoms with Crippen molar-refractivity contribution >= 4 is 10.9 Å². The van der Waals surface area contributed by atoms with E-state index in [-0.39, 0.29) is 0 Å². The summed E-state index contributed by atoms with van der Waals surface area (Å²) in [5, 5.41) is 12.9. The maximum Gasteiger partial charge on any atom is 0.259 e. The van der Waals surface area contributed by atoms with Gasteiger partial charge in [0.05, 0.1) is 18.0 Å². The lowest BCUT2D eigenvalue weighted by Gasteiger charge is -1.97. The summed E-state index contributed by atoms with van der Waals surface area (Å²) in [6.45, 7) is 0. The molecule has 6 nitrogen and oxygen atoms in total. The van der Waals surface area contributed by atoms with Gasteiger partial charge in [-0.25, -0.2) is 0 Å². The minimum Gasteiger partial charge on any atom is -0.358 e. The maximum absolute atomic E-state index is 5.35. The number of hydrogen-bond donors (Lipinski definition) is 1. The van der Waals surface area contributed by atoms with Gasteiger partial charge in [0.2, 0.25) is 5.82 Å². The number of aromatic nitrogens is 5. The van der Waals surface area contributed by atoms with Crippen molar-refractivity contribution in [2.24, 2.45) is 0 Å². The van der Waals surface area contributed by atoms with Crippen LogP contribution in [0.1, 0.15) is 17.7 Å². The third kappa shape index (κ3) is 1.95. The molecule has 1 aliphatic carbocycles. The van der Waals surface area contributed by atoms with E-state index < -0.39 is 0 Å². The molecule has 0 aliphatic heterocycles. The molecule has 0 spiro atoms. The summed E-state index contributed by atoms with van der Waals surface area (Å²) in [5.74, 6) is 1.03. The number of aromatic amines is 1. The Morgan fingerprint density at radius 2 is 2.09 bits per heavy atom. The summed E-state index contributed by atoms with van der Waals surface area (Å²) in [5.41, 5.74) is 5.48. The van der Waals surface area contributed by atoms with Crippen molar-refractivity contribution in [1.82, 2.24) is 25.3 Å². The summed E-state index contributed by atoms with van der Waals surface area (Å²) in [6.07, 6.45) is 7.64. The first-order valence-electron chi connectivity index (χ1n) is 7.47. The quantitative estimate of drug-likeness (QED) is 0.615. The summed E-state index contributed by atoms with van der Waals surface area (Å²) < 4.78 is 5.35. The first kappa shape index (κ1) is 12.5. The van der Waals surface area contributed by atoms with Crippen LogP contribution in [0.4, 0.5) is 0 Å². The van der Waals surface area contributed by atoms with E-state index in [1.165, 1.54) is 16.6 Å². The topological polar surface area (TPSA) is 80.5 Å². The zero-order valence-corrected chi connectivity index (χ0v) is 12.2. The lowest BCUT2D eigenvalue weighted by atomic mass is 10.1. The maximum atomic E-state index is 5.35. The number of hydrogen-bond acceptors (Lipinski definition) is 5. The van der Waals surface area contributed by atoms with Crippen LogP contribution >= 0.6 is 0 Å². The van der Waals surface area contributed by atoms with Gasteiger partial charge in [0.25, 0.3) is 5.89 Å². The molecule has 0 saturated carbocycles. The van der Waals surface area contributed by atoms with Crippen molar-refractivity contribution in [1.29, 1.82) is 0 Å². The second-order valence-electron chi connectivity index (χ2n) is 5.57. The van der Waals surface area contributed by atoms with E-state index >= 15 is 0 Å². The van der Waals surface area contributed by atoms with Gasteiger partial charge in [-0.1, -0.05) is 5.16 Å². The van der Waals surface area contributed by atoms with Crippen LogP contribution in [-0.4, -0.2) is 25.3 Å². The fourth-order valence-electron chi connectivity index (χ4n) is 3.09. The number of aryl methyl sites for hydroxylation is 1. The van der Waals surface area contributed by atoms with Gasteiger partial charge in [-0.15, -0.1) is 0 Å². The van der Waals surface area contributed by atoms with Gasteiger partial charge in [-0.05, 0) is 42.7 Å². The van der Waals surface area contributed by atoms with Gasteiger partial charge in [-0.3, -0.25) is 0 Å². The van der Waals surface area contributed by atoms with Crippen LogP contribution in [-0.2, 0) is 6.42 Å². The van der Waals surface area contributed by atoms with E-state index in [1.807, 2.05) is 6.07 Å². The molecule has 6 heteroatoms. The Morgan fingerprint density at radius 3 is 3.00 bits per heavy atom. The molecule has 1 radical (unpaired) electrons. The molecular weight excluding hydrogens is 290 g/mol. The van der Waals surface area contributed by atoms with Crippen LogP contribution in [0.25, 0.3) is 33.7 Å². The first-order valence-corrected chi connectivity index (χ1v) is 7.47. The Morgan fingerprint density at radius 1 is 1.09 bits per heavy atom. The average molecular weight is 302 g/mol. The molecule has 0 amide bonds. The highest BCUT2D eigenvalue weighted by atomic mass is 16.5. The fourth-order valence-corrected chi connectivity index (χ4v) is 3.09. The molecule has 0 unspecified atom stereocenters. The third-order valence-electron chi connectivity index (χ3n) is 4.20. The van der Waals surface area contributed by atoms with E-state index in [4.69, 9.17) is 4.52 Å². The van der Waals surface area contributed by atoms with Crippen LogP contribution < -0.4 is 0 Å². The summed E-state index contributed by atoms with van der Waals surface area (Å²) in [4.78, 5) is 7.92. The standard InChI is InChI=1S/C17H12N5O/c1-2-12-13-8-10(4-5-15(13)20-14(12)3-1)16-21-17(23-22-16)11-6-7-18-19-9-11/h3-9,20H,1-2H2. The Kier molecular flexibility index (Phi) is 2.58. The molecular formula is C17H12N5O. The largest absolute Gasteiger partial charge is 0.358 e. The predicted octanol–water partition coefficient (Wildman–Crippen LogP) is 3.17. The van der Waals surface area contributed by atoms with Crippen molar-refractivity contribution in [3.05, 3.63) is 54.3 Å². The first-order chi connectivity index (χ1) is 11.4. The highest BCUT2D eigenvalue weighted by molar-refractivity contribution is 5.89. The minimum atomic E-state index is 0.447. The van der Waals surface area contributed by atoms with Crippen LogP contribution in [0.15, 0.2) is 41.2 Å². The molecule has 23 heavy (non-hydrogen) atoms. The molecule has 0 saturated heterocycles. The van der Waals surface area contributed by atoms with Crippen LogP contribution in [0.2, 0.25) is 0 Å². The highest BCUT2D eigenvalue weighted by Crippen LogP contribution is 2.33. The number of H-pyrrole nitrogens is 1. The molecule has 3 heterocycles. The zero-order valence-electron chi connectivity index (χ0n) is 12.2. The minimum absolute atomic E-state index is 0.447. The second kappa shape index (κ2) is 4.74. The van der Waals surface area contributed by atoms with Gasteiger partial charge in [0.15, 0.2) is 0 Å². The van der Waals surface area contributed by atoms with Crippen molar-refractivity contribution < 1.29 is 4.52 Å². The molecule has 1 N–H and O–H groups in total. The lowest BCUT2D eigenvalue weighted by Crippen LogP contribution is -1.84.